The Bertz CT molecular complexity index is 1040. The number of hydrogen-bond acceptors (Lipinski definition) is 8. The topological polar surface area (TPSA) is 132 Å². The molecule has 2 bridgehead atoms. The lowest BCUT2D eigenvalue weighted by Gasteiger charge is -2.29. The Balaban J connectivity index is 1.48. The Labute approximate surface area is 158 Å². The lowest BCUT2D eigenvalue weighted by molar-refractivity contribution is -0.185. The molecule has 2 saturated heterocycles. The minimum absolute atomic E-state index is 0.117. The number of rotatable bonds is 4. The number of aliphatic hydroxyl groups excluding tert-OH is 2. The Kier molecular flexibility index (Phi) is 3.88. The number of nitrogens with one attached hydrogen (secondary N) is 1. The third kappa shape index (κ3) is 2.43. The molecule has 10 heteroatoms. The van der Waals surface area contributed by atoms with Gasteiger partial charge in [-0.2, -0.15) is 0 Å². The molecule has 10 nitrogen and oxygen atoms in total. The van der Waals surface area contributed by atoms with Gasteiger partial charge >= 0.3 is 0 Å². The zero-order chi connectivity index (χ0) is 19.3. The number of carbonyl (C=O) groups excluding carboxylic acids is 1. The molecule has 0 saturated carbocycles. The van der Waals surface area contributed by atoms with Crippen molar-refractivity contribution in [1.82, 2.24) is 19.5 Å². The Hall–Kier alpha value is -2.92. The first-order chi connectivity index (χ1) is 13.6. The lowest BCUT2D eigenvalue weighted by Crippen LogP contribution is -2.44. The van der Waals surface area contributed by atoms with Crippen molar-refractivity contribution in [2.24, 2.45) is 0 Å². The van der Waals surface area contributed by atoms with E-state index >= 15 is 0 Å². The van der Waals surface area contributed by atoms with E-state index in [1.54, 1.807) is 28.8 Å². The van der Waals surface area contributed by atoms with E-state index in [1.807, 2.05) is 6.07 Å². The summed E-state index contributed by atoms with van der Waals surface area (Å²) < 4.78 is 13.1. The number of nitrogens with zero attached hydrogens (tertiary/aromatic N) is 4. The van der Waals surface area contributed by atoms with Gasteiger partial charge in [0.1, 0.15) is 24.1 Å². The monoisotopic (exact) mass is 383 g/mol. The number of hydrogen-bond donors (Lipinski definition) is 3. The van der Waals surface area contributed by atoms with Crippen LogP contribution in [0.25, 0.3) is 11.2 Å². The van der Waals surface area contributed by atoms with Crippen LogP contribution in [0, 0.1) is 0 Å². The second-order valence-electron chi connectivity index (χ2n) is 6.82. The number of amides is 1. The van der Waals surface area contributed by atoms with E-state index in [0.717, 1.165) is 0 Å². The van der Waals surface area contributed by atoms with Crippen molar-refractivity contribution in [3.8, 4) is 0 Å². The molecule has 4 atom stereocenters. The highest BCUT2D eigenvalue weighted by Gasteiger charge is 2.61. The van der Waals surface area contributed by atoms with Crippen molar-refractivity contribution in [3.05, 3.63) is 48.5 Å². The van der Waals surface area contributed by atoms with Crippen LogP contribution in [0.3, 0.4) is 0 Å². The van der Waals surface area contributed by atoms with Crippen LogP contribution in [0.4, 0.5) is 5.82 Å². The van der Waals surface area contributed by atoms with E-state index in [4.69, 9.17) is 9.47 Å². The summed E-state index contributed by atoms with van der Waals surface area (Å²) in [5.74, 6) is -0.0524. The molecule has 144 valence electrons. The van der Waals surface area contributed by atoms with E-state index in [-0.39, 0.29) is 24.9 Å². The number of fused-ring (bicyclic) bond motifs is 3. The van der Waals surface area contributed by atoms with Gasteiger partial charge in [0.25, 0.3) is 5.91 Å². The first kappa shape index (κ1) is 17.2. The van der Waals surface area contributed by atoms with Crippen LogP contribution in [-0.4, -0.2) is 66.7 Å². The predicted octanol–water partition coefficient (Wildman–Crippen LogP) is 0.0982. The summed E-state index contributed by atoms with van der Waals surface area (Å²) in [4.78, 5) is 25.1. The summed E-state index contributed by atoms with van der Waals surface area (Å²) in [6.07, 6.45) is 0.492. The summed E-state index contributed by atoms with van der Waals surface area (Å²) >= 11 is 0. The van der Waals surface area contributed by atoms with E-state index < -0.39 is 24.0 Å². The number of carbonyl (C=O) groups is 1. The average molecular weight is 383 g/mol. The largest absolute Gasteiger partial charge is 0.393 e. The van der Waals surface area contributed by atoms with E-state index in [1.165, 1.54) is 12.7 Å². The number of benzene rings is 1. The number of ether oxygens (including phenoxy) is 2. The van der Waals surface area contributed by atoms with Crippen LogP contribution in [0.2, 0.25) is 0 Å². The van der Waals surface area contributed by atoms with Crippen molar-refractivity contribution in [2.45, 2.75) is 24.0 Å². The van der Waals surface area contributed by atoms with Crippen LogP contribution < -0.4 is 5.32 Å². The molecule has 3 aromatic rings. The van der Waals surface area contributed by atoms with Crippen molar-refractivity contribution >= 4 is 22.9 Å². The normalized spacial score (nSPS) is 28.7. The molecule has 2 fully saturated rings. The Morgan fingerprint density at radius 3 is 2.86 bits per heavy atom. The van der Waals surface area contributed by atoms with Crippen molar-refractivity contribution in [1.29, 1.82) is 0 Å². The fourth-order valence-corrected chi connectivity index (χ4v) is 3.65. The van der Waals surface area contributed by atoms with Crippen LogP contribution in [-0.2, 0) is 9.47 Å². The molecule has 3 N–H and O–H groups in total. The van der Waals surface area contributed by atoms with Gasteiger partial charge in [-0.15, -0.1) is 0 Å². The molecule has 0 aliphatic carbocycles. The van der Waals surface area contributed by atoms with Crippen molar-refractivity contribution in [3.63, 3.8) is 0 Å². The first-order valence-corrected chi connectivity index (χ1v) is 8.75. The third-order valence-electron chi connectivity index (χ3n) is 5.18. The summed E-state index contributed by atoms with van der Waals surface area (Å²) in [5.41, 5.74) is 0.139. The standard InChI is InChI=1S/C18H17N5O5/c24-6-18-7-27-12(13(18)25)17(28-18)23-9-21-11-14(19-8-20-15(11)23)22-16(26)10-4-2-1-3-5-10/h1-5,8-9,12-13,17,24-25H,6-7H2,(H,19,20,22,26)/t12?,13?,17-,18+/m1/s1. The SMILES string of the molecule is O=C(Nc1ncnc2c1ncn2[C@@H]1O[C@@]2(CO)COC1C2O)c1ccccc1. The summed E-state index contributed by atoms with van der Waals surface area (Å²) in [6.45, 7) is -0.243. The fourth-order valence-electron chi connectivity index (χ4n) is 3.65. The zero-order valence-corrected chi connectivity index (χ0v) is 14.6. The molecule has 28 heavy (non-hydrogen) atoms. The lowest BCUT2D eigenvalue weighted by atomic mass is 10.0. The van der Waals surface area contributed by atoms with Gasteiger partial charge in [0.15, 0.2) is 23.2 Å². The molecule has 0 spiro atoms. The van der Waals surface area contributed by atoms with Crippen LogP contribution in [0.1, 0.15) is 16.6 Å². The Morgan fingerprint density at radius 2 is 2.11 bits per heavy atom. The molecule has 2 unspecified atom stereocenters. The number of aliphatic hydroxyl groups is 2. The maximum Gasteiger partial charge on any atom is 0.256 e. The highest BCUT2D eigenvalue weighted by Crippen LogP contribution is 2.45. The van der Waals surface area contributed by atoms with Gasteiger partial charge in [-0.1, -0.05) is 18.2 Å². The van der Waals surface area contributed by atoms with Gasteiger partial charge in [0, 0.05) is 5.56 Å². The summed E-state index contributed by atoms with van der Waals surface area (Å²) in [6, 6.07) is 8.76. The van der Waals surface area contributed by atoms with Crippen molar-refractivity contribution in [2.75, 3.05) is 18.5 Å². The summed E-state index contributed by atoms with van der Waals surface area (Å²) in [5, 5.41) is 22.8. The van der Waals surface area contributed by atoms with Crippen molar-refractivity contribution < 1.29 is 24.5 Å². The minimum Gasteiger partial charge on any atom is -0.393 e. The first-order valence-electron chi connectivity index (χ1n) is 8.75. The molecule has 4 heterocycles. The van der Waals surface area contributed by atoms with E-state index in [2.05, 4.69) is 20.3 Å². The molecular weight excluding hydrogens is 366 g/mol. The molecule has 2 aromatic heterocycles. The highest BCUT2D eigenvalue weighted by molar-refractivity contribution is 6.06. The number of imidazole rings is 1. The van der Waals surface area contributed by atoms with Crippen LogP contribution >= 0.6 is 0 Å². The van der Waals surface area contributed by atoms with Gasteiger partial charge in [-0.05, 0) is 12.1 Å². The Morgan fingerprint density at radius 1 is 1.29 bits per heavy atom. The molecular formula is C18H17N5O5. The van der Waals surface area contributed by atoms with Gasteiger partial charge in [0.05, 0.1) is 19.5 Å². The average Bonchev–Trinajstić information content (AvgIpc) is 3.39. The van der Waals surface area contributed by atoms with Gasteiger partial charge in [-0.3, -0.25) is 9.36 Å². The maximum atomic E-state index is 12.4. The van der Waals surface area contributed by atoms with Gasteiger partial charge < -0.3 is 25.0 Å². The molecule has 5 rings (SSSR count). The second kappa shape index (κ2) is 6.31. The second-order valence-corrected chi connectivity index (χ2v) is 6.82. The number of anilines is 1. The van der Waals surface area contributed by atoms with Gasteiger partial charge in [-0.25, -0.2) is 15.0 Å². The molecule has 2 aliphatic rings. The zero-order valence-electron chi connectivity index (χ0n) is 14.6. The number of aromatic nitrogens is 4. The third-order valence-corrected chi connectivity index (χ3v) is 5.18. The fraction of sp³-hybridized carbons (Fsp3) is 0.333. The van der Waals surface area contributed by atoms with Crippen LogP contribution in [0.5, 0.6) is 0 Å². The van der Waals surface area contributed by atoms with Gasteiger partial charge in [0.2, 0.25) is 0 Å². The molecule has 0 radical (unpaired) electrons. The summed E-state index contributed by atoms with van der Waals surface area (Å²) in [7, 11) is 0. The molecule has 2 aliphatic heterocycles. The predicted molar refractivity (Wildman–Crippen MR) is 95.4 cm³/mol. The quantitative estimate of drug-likeness (QED) is 0.578. The maximum absolute atomic E-state index is 12.4. The van der Waals surface area contributed by atoms with Crippen LogP contribution in [0.15, 0.2) is 43.0 Å². The molecule has 1 aromatic carbocycles. The minimum atomic E-state index is -1.15. The smallest absolute Gasteiger partial charge is 0.256 e. The highest BCUT2D eigenvalue weighted by atomic mass is 16.7. The van der Waals surface area contributed by atoms with E-state index in [0.29, 0.717) is 16.7 Å². The molecule has 1 amide bonds. The van der Waals surface area contributed by atoms with E-state index in [9.17, 15) is 15.0 Å².